The number of rotatable bonds is 5. The van der Waals surface area contributed by atoms with Crippen molar-refractivity contribution in [2.45, 2.75) is 19.4 Å². The van der Waals surface area contributed by atoms with Gasteiger partial charge in [-0.3, -0.25) is 4.79 Å². The minimum absolute atomic E-state index is 0.0339. The molecule has 3 rings (SSSR count). The van der Waals surface area contributed by atoms with Crippen LogP contribution in [0.25, 0.3) is 11.4 Å². The van der Waals surface area contributed by atoms with E-state index in [0.717, 1.165) is 17.9 Å². The molecule has 5 nitrogen and oxygen atoms in total. The number of nitrogen functional groups attached to an aromatic ring is 1. The van der Waals surface area contributed by atoms with Crippen molar-refractivity contribution in [3.05, 3.63) is 36.7 Å². The Morgan fingerprint density at radius 2 is 2.10 bits per heavy atom. The van der Waals surface area contributed by atoms with E-state index in [1.54, 1.807) is 6.20 Å². The van der Waals surface area contributed by atoms with Crippen LogP contribution >= 0.6 is 0 Å². The number of carbonyl (C=O) groups is 1. The highest BCUT2D eigenvalue weighted by atomic mass is 16.1. The minimum atomic E-state index is 0.0339. The molecule has 1 saturated carbocycles. The van der Waals surface area contributed by atoms with Crippen molar-refractivity contribution in [3.63, 3.8) is 0 Å². The smallest absolute Gasteiger partial charge is 0.240 e. The van der Waals surface area contributed by atoms with Crippen LogP contribution in [0, 0.1) is 5.92 Å². The maximum atomic E-state index is 11.9. The van der Waals surface area contributed by atoms with Gasteiger partial charge in [-0.1, -0.05) is 0 Å². The second-order valence-corrected chi connectivity index (χ2v) is 5.25. The Labute approximate surface area is 117 Å². The van der Waals surface area contributed by atoms with Gasteiger partial charge < -0.3 is 15.6 Å². The van der Waals surface area contributed by atoms with Crippen LogP contribution in [0.1, 0.15) is 12.8 Å². The van der Waals surface area contributed by atoms with E-state index in [4.69, 9.17) is 5.73 Å². The Kier molecular flexibility index (Phi) is 3.41. The van der Waals surface area contributed by atoms with Crippen molar-refractivity contribution >= 4 is 11.6 Å². The molecule has 2 aromatic rings. The molecule has 0 unspecified atom stereocenters. The van der Waals surface area contributed by atoms with Crippen LogP contribution in [0.5, 0.6) is 0 Å². The number of anilines is 1. The molecule has 104 valence electrons. The first kappa shape index (κ1) is 12.7. The quantitative estimate of drug-likeness (QED) is 0.811. The van der Waals surface area contributed by atoms with Gasteiger partial charge in [-0.2, -0.15) is 0 Å². The molecular weight excluding hydrogens is 252 g/mol. The monoisotopic (exact) mass is 270 g/mol. The third-order valence-corrected chi connectivity index (χ3v) is 3.48. The van der Waals surface area contributed by atoms with Crippen molar-refractivity contribution in [2.24, 2.45) is 5.92 Å². The Morgan fingerprint density at radius 3 is 2.80 bits per heavy atom. The van der Waals surface area contributed by atoms with E-state index in [0.29, 0.717) is 18.2 Å². The van der Waals surface area contributed by atoms with E-state index in [9.17, 15) is 4.79 Å². The fraction of sp³-hybridized carbons (Fsp3) is 0.333. The van der Waals surface area contributed by atoms with Gasteiger partial charge >= 0.3 is 0 Å². The second-order valence-electron chi connectivity index (χ2n) is 5.25. The molecule has 0 aliphatic heterocycles. The first-order chi connectivity index (χ1) is 9.72. The molecule has 20 heavy (non-hydrogen) atoms. The van der Waals surface area contributed by atoms with Crippen LogP contribution in [0.2, 0.25) is 0 Å². The summed E-state index contributed by atoms with van der Waals surface area (Å²) in [5.74, 6) is 1.51. The summed E-state index contributed by atoms with van der Waals surface area (Å²) < 4.78 is 1.85. The highest BCUT2D eigenvalue weighted by Crippen LogP contribution is 2.27. The van der Waals surface area contributed by atoms with E-state index in [1.807, 2.05) is 35.0 Å². The predicted molar refractivity (Wildman–Crippen MR) is 77.8 cm³/mol. The van der Waals surface area contributed by atoms with E-state index in [1.165, 1.54) is 12.8 Å². The zero-order valence-electron chi connectivity index (χ0n) is 11.2. The van der Waals surface area contributed by atoms with Crippen LogP contribution in [0.4, 0.5) is 5.69 Å². The van der Waals surface area contributed by atoms with Crippen molar-refractivity contribution in [2.75, 3.05) is 12.3 Å². The summed E-state index contributed by atoms with van der Waals surface area (Å²) in [7, 11) is 0. The van der Waals surface area contributed by atoms with Gasteiger partial charge in [0.25, 0.3) is 0 Å². The average molecular weight is 270 g/mol. The van der Waals surface area contributed by atoms with Gasteiger partial charge in [0, 0.05) is 30.2 Å². The van der Waals surface area contributed by atoms with Crippen LogP contribution in [0.3, 0.4) is 0 Å². The Bertz CT molecular complexity index is 599. The molecule has 0 spiro atoms. The predicted octanol–water partition coefficient (Wildman–Crippen LogP) is 1.66. The van der Waals surface area contributed by atoms with E-state index in [-0.39, 0.29) is 5.91 Å². The van der Waals surface area contributed by atoms with Crippen molar-refractivity contribution in [1.29, 1.82) is 0 Å². The summed E-state index contributed by atoms with van der Waals surface area (Å²) in [6.45, 7) is 1.09. The molecule has 0 radical (unpaired) electrons. The van der Waals surface area contributed by atoms with Gasteiger partial charge in [0.2, 0.25) is 5.91 Å². The van der Waals surface area contributed by atoms with Crippen LogP contribution in [0.15, 0.2) is 36.7 Å². The number of aromatic nitrogens is 2. The maximum Gasteiger partial charge on any atom is 0.240 e. The van der Waals surface area contributed by atoms with Gasteiger partial charge in [-0.05, 0) is 43.0 Å². The number of amides is 1. The molecule has 1 aromatic heterocycles. The van der Waals surface area contributed by atoms with Gasteiger partial charge in [-0.15, -0.1) is 0 Å². The number of hydrogen-bond acceptors (Lipinski definition) is 3. The standard InChI is InChI=1S/C15H18N4O/c16-13-5-3-12(4-6-13)15-17-7-8-19(15)10-14(20)18-9-11-1-2-11/h3-8,11H,1-2,9-10,16H2,(H,18,20). The number of imidazole rings is 1. The zero-order chi connectivity index (χ0) is 13.9. The number of nitrogens with zero attached hydrogens (tertiary/aromatic N) is 2. The summed E-state index contributed by atoms with van der Waals surface area (Å²) in [5.41, 5.74) is 7.36. The number of nitrogens with one attached hydrogen (secondary N) is 1. The van der Waals surface area contributed by atoms with Crippen LogP contribution in [-0.2, 0) is 11.3 Å². The number of benzene rings is 1. The number of carbonyl (C=O) groups excluding carboxylic acids is 1. The minimum Gasteiger partial charge on any atom is -0.399 e. The van der Waals surface area contributed by atoms with Crippen LogP contribution < -0.4 is 11.1 Å². The highest BCUT2D eigenvalue weighted by molar-refractivity contribution is 5.76. The van der Waals surface area contributed by atoms with Crippen molar-refractivity contribution < 1.29 is 4.79 Å². The van der Waals surface area contributed by atoms with Crippen LogP contribution in [-0.4, -0.2) is 22.0 Å². The normalized spacial score (nSPS) is 14.2. The molecule has 1 aromatic carbocycles. The topological polar surface area (TPSA) is 72.9 Å². The fourth-order valence-corrected chi connectivity index (χ4v) is 2.12. The Hall–Kier alpha value is -2.30. The molecule has 5 heteroatoms. The van der Waals surface area contributed by atoms with Gasteiger partial charge in [-0.25, -0.2) is 4.98 Å². The first-order valence-electron chi connectivity index (χ1n) is 6.86. The maximum absolute atomic E-state index is 11.9. The number of nitrogens with two attached hydrogens (primary N) is 1. The zero-order valence-corrected chi connectivity index (χ0v) is 11.2. The number of hydrogen-bond donors (Lipinski definition) is 2. The van der Waals surface area contributed by atoms with E-state index >= 15 is 0 Å². The lowest BCUT2D eigenvalue weighted by Crippen LogP contribution is -2.29. The lowest BCUT2D eigenvalue weighted by atomic mass is 10.2. The first-order valence-corrected chi connectivity index (χ1v) is 6.86. The molecule has 0 bridgehead atoms. The summed E-state index contributed by atoms with van der Waals surface area (Å²) in [6.07, 6.45) is 6.01. The van der Waals surface area contributed by atoms with Crippen molar-refractivity contribution in [3.8, 4) is 11.4 Å². The lowest BCUT2D eigenvalue weighted by molar-refractivity contribution is -0.121. The summed E-state index contributed by atoms with van der Waals surface area (Å²) in [4.78, 5) is 16.2. The lowest BCUT2D eigenvalue weighted by Gasteiger charge is -2.08. The molecule has 1 amide bonds. The molecule has 1 heterocycles. The summed E-state index contributed by atoms with van der Waals surface area (Å²) in [5, 5.41) is 2.96. The molecule has 3 N–H and O–H groups in total. The summed E-state index contributed by atoms with van der Waals surface area (Å²) >= 11 is 0. The Morgan fingerprint density at radius 1 is 1.35 bits per heavy atom. The third-order valence-electron chi connectivity index (χ3n) is 3.48. The third kappa shape index (κ3) is 2.99. The molecule has 1 aliphatic rings. The van der Waals surface area contributed by atoms with E-state index in [2.05, 4.69) is 10.3 Å². The average Bonchev–Trinajstić information content (AvgIpc) is 3.17. The molecule has 0 atom stereocenters. The largest absolute Gasteiger partial charge is 0.399 e. The molecule has 0 saturated heterocycles. The van der Waals surface area contributed by atoms with Gasteiger partial charge in [0.1, 0.15) is 12.4 Å². The highest BCUT2D eigenvalue weighted by Gasteiger charge is 2.21. The molecule has 1 fully saturated rings. The molecular formula is C15H18N4O. The Balaban J connectivity index is 1.69. The fourth-order valence-electron chi connectivity index (χ4n) is 2.12. The van der Waals surface area contributed by atoms with Crippen molar-refractivity contribution in [1.82, 2.24) is 14.9 Å². The van der Waals surface area contributed by atoms with Gasteiger partial charge in [0.15, 0.2) is 0 Å². The summed E-state index contributed by atoms with van der Waals surface area (Å²) in [6, 6.07) is 7.50. The van der Waals surface area contributed by atoms with Gasteiger partial charge in [0.05, 0.1) is 0 Å². The van der Waals surface area contributed by atoms with E-state index < -0.39 is 0 Å². The molecule has 1 aliphatic carbocycles. The SMILES string of the molecule is Nc1ccc(-c2nccn2CC(=O)NCC2CC2)cc1. The second kappa shape index (κ2) is 5.36.